The lowest BCUT2D eigenvalue weighted by Crippen LogP contribution is -2.32. The van der Waals surface area contributed by atoms with E-state index in [0.717, 1.165) is 33.0 Å². The van der Waals surface area contributed by atoms with Gasteiger partial charge in [0.2, 0.25) is 5.91 Å². The molecule has 11 nitrogen and oxygen atoms in total. The van der Waals surface area contributed by atoms with Crippen LogP contribution < -0.4 is 27.1 Å². The molecule has 0 saturated carbocycles. The summed E-state index contributed by atoms with van der Waals surface area (Å²) in [5, 5.41) is 20.1. The molecule has 4 aromatic carbocycles. The maximum atomic E-state index is 13.8. The van der Waals surface area contributed by atoms with E-state index < -0.39 is 5.91 Å². The number of benzene rings is 4. The first-order valence-electron chi connectivity index (χ1n) is 16.1. The van der Waals surface area contributed by atoms with Crippen LogP contribution in [0.15, 0.2) is 147 Å². The Morgan fingerprint density at radius 2 is 1.39 bits per heavy atom. The van der Waals surface area contributed by atoms with Gasteiger partial charge in [-0.25, -0.2) is 10.4 Å². The molecule has 0 unspecified atom stereocenters. The molecule has 0 bridgehead atoms. The first-order chi connectivity index (χ1) is 24.9. The molecule has 0 radical (unpaired) electrons. The molecule has 6 N–H and O–H groups in total. The average Bonchev–Trinajstić information content (AvgIpc) is 3.66. The predicted molar refractivity (Wildman–Crippen MR) is 202 cm³/mol. The van der Waals surface area contributed by atoms with E-state index in [1.54, 1.807) is 24.3 Å². The molecule has 250 valence electrons. The highest BCUT2D eigenvalue weighted by molar-refractivity contribution is 8.14. The number of thioether (sulfide) groups is 1. The Bertz CT molecular complexity index is 2300. The molecule has 4 aliphatic heterocycles. The van der Waals surface area contributed by atoms with Crippen LogP contribution in [0, 0.1) is 0 Å². The molecule has 4 aromatic rings. The standard InChI is InChI=1S/C39H30N8O3S/c40-26-13-17-28(18-14-26)51-38-36(32-20-12-25-6-2-4-8-30(25)43-32)39(50)47(46-38)22-34(48)41-27-15-9-23(10-16-27)21-33-35(37(49)45-44-33)31-19-11-24-5-1-3-7-29(24)42-31/h1-20,42-43H,21-22,40H2,(H,41,48)(H,45,49). The van der Waals surface area contributed by atoms with Crippen LogP contribution >= 0.6 is 11.8 Å². The highest BCUT2D eigenvalue weighted by Gasteiger charge is 2.35. The maximum absolute atomic E-state index is 13.8. The van der Waals surface area contributed by atoms with Crippen LogP contribution in [-0.2, 0) is 20.8 Å². The van der Waals surface area contributed by atoms with Gasteiger partial charge >= 0.3 is 0 Å². The second kappa shape index (κ2) is 13.3. The van der Waals surface area contributed by atoms with Gasteiger partial charge in [-0.3, -0.25) is 14.4 Å². The summed E-state index contributed by atoms with van der Waals surface area (Å²) in [6, 6.07) is 30.3. The number of nitrogens with two attached hydrogens (primary N) is 1. The summed E-state index contributed by atoms with van der Waals surface area (Å²) in [4.78, 5) is 40.7. The van der Waals surface area contributed by atoms with Crippen molar-refractivity contribution in [3.63, 3.8) is 0 Å². The smallest absolute Gasteiger partial charge is 0.279 e. The summed E-state index contributed by atoms with van der Waals surface area (Å²) in [5.41, 5.74) is 17.1. The molecule has 0 fully saturated rings. The first kappa shape index (κ1) is 31.6. The molecular formula is C39H30N8O3S. The zero-order valence-electron chi connectivity index (χ0n) is 27.0. The van der Waals surface area contributed by atoms with E-state index in [9.17, 15) is 14.4 Å². The SMILES string of the molecule is Nc1ccc(SC2=NN(CC(=O)Nc3ccc(CC4=NNC(=O)C4=C4C=Cc5ccccc5N4)cc3)C(=O)C2=C2C=Cc3ccccc3N2)cc1. The fourth-order valence-electron chi connectivity index (χ4n) is 6.01. The van der Waals surface area contributed by atoms with Gasteiger partial charge in [0.25, 0.3) is 11.8 Å². The fourth-order valence-corrected chi connectivity index (χ4v) is 6.94. The Morgan fingerprint density at radius 3 is 2.06 bits per heavy atom. The summed E-state index contributed by atoms with van der Waals surface area (Å²) < 4.78 is 0. The molecule has 0 atom stereocenters. The van der Waals surface area contributed by atoms with E-state index in [4.69, 9.17) is 5.73 Å². The molecule has 12 heteroatoms. The lowest BCUT2D eigenvalue weighted by molar-refractivity contribution is -0.130. The van der Waals surface area contributed by atoms with E-state index in [1.165, 1.54) is 16.8 Å². The summed E-state index contributed by atoms with van der Waals surface area (Å²) in [6.45, 7) is -0.283. The van der Waals surface area contributed by atoms with Crippen molar-refractivity contribution in [3.8, 4) is 0 Å². The minimum absolute atomic E-state index is 0.270. The Labute approximate surface area is 297 Å². The Hall–Kier alpha value is -6.66. The molecule has 3 amide bonds. The van der Waals surface area contributed by atoms with Crippen molar-refractivity contribution in [2.75, 3.05) is 28.2 Å². The maximum Gasteiger partial charge on any atom is 0.279 e. The number of allylic oxidation sites excluding steroid dienone is 2. The van der Waals surface area contributed by atoms with Gasteiger partial charge in [0.1, 0.15) is 11.6 Å². The average molecular weight is 691 g/mol. The number of carbonyl (C=O) groups excluding carboxylic acids is 3. The van der Waals surface area contributed by atoms with Gasteiger partial charge in [-0.05, 0) is 77.4 Å². The van der Waals surface area contributed by atoms with E-state index in [2.05, 4.69) is 31.6 Å². The van der Waals surface area contributed by atoms with Crippen LogP contribution in [0.4, 0.5) is 22.7 Å². The number of fused-ring (bicyclic) bond motifs is 2. The molecular weight excluding hydrogens is 661 g/mol. The Kier molecular flexibility index (Phi) is 8.26. The zero-order chi connectivity index (χ0) is 34.9. The van der Waals surface area contributed by atoms with Crippen molar-refractivity contribution in [2.45, 2.75) is 11.3 Å². The lowest BCUT2D eigenvalue weighted by Gasteiger charge is -2.18. The minimum Gasteiger partial charge on any atom is -0.399 e. The Morgan fingerprint density at radius 1 is 0.765 bits per heavy atom. The number of rotatable bonds is 6. The highest BCUT2D eigenvalue weighted by atomic mass is 32.2. The number of anilines is 4. The van der Waals surface area contributed by atoms with Crippen molar-refractivity contribution in [1.29, 1.82) is 0 Å². The van der Waals surface area contributed by atoms with Crippen molar-refractivity contribution in [2.24, 2.45) is 10.2 Å². The van der Waals surface area contributed by atoms with Gasteiger partial charge in [0.05, 0.1) is 28.3 Å². The van der Waals surface area contributed by atoms with Crippen LogP contribution in [0.2, 0.25) is 0 Å². The Balaban J connectivity index is 0.959. The first-order valence-corrected chi connectivity index (χ1v) is 17.0. The molecule has 0 spiro atoms. The number of hydrogen-bond donors (Lipinski definition) is 5. The summed E-state index contributed by atoms with van der Waals surface area (Å²) >= 11 is 1.32. The lowest BCUT2D eigenvalue weighted by atomic mass is 9.98. The number of carbonyl (C=O) groups is 3. The molecule has 8 rings (SSSR count). The minimum atomic E-state index is -0.405. The number of hydrogen-bond acceptors (Lipinski definition) is 9. The van der Waals surface area contributed by atoms with Crippen LogP contribution in [0.1, 0.15) is 16.7 Å². The third-order valence-electron chi connectivity index (χ3n) is 8.54. The van der Waals surface area contributed by atoms with E-state index in [-0.39, 0.29) is 18.4 Å². The van der Waals surface area contributed by atoms with Gasteiger partial charge < -0.3 is 21.7 Å². The van der Waals surface area contributed by atoms with Crippen LogP contribution in [0.25, 0.3) is 12.2 Å². The quantitative estimate of drug-likeness (QED) is 0.123. The van der Waals surface area contributed by atoms with Crippen LogP contribution in [0.3, 0.4) is 0 Å². The molecule has 4 aliphatic rings. The number of hydrazone groups is 2. The highest BCUT2D eigenvalue weighted by Crippen LogP contribution is 2.34. The monoisotopic (exact) mass is 690 g/mol. The third kappa shape index (κ3) is 6.55. The number of nitrogens with zero attached hydrogens (tertiary/aromatic N) is 3. The number of nitrogen functional groups attached to an aromatic ring is 1. The van der Waals surface area contributed by atoms with Gasteiger partial charge in [-0.1, -0.05) is 72.4 Å². The van der Waals surface area contributed by atoms with Crippen LogP contribution in [0.5, 0.6) is 0 Å². The third-order valence-corrected chi connectivity index (χ3v) is 9.52. The van der Waals surface area contributed by atoms with Gasteiger partial charge in [-0.2, -0.15) is 10.2 Å². The summed E-state index contributed by atoms with van der Waals surface area (Å²) in [7, 11) is 0. The van der Waals surface area contributed by atoms with Gasteiger partial charge in [0.15, 0.2) is 0 Å². The molecule has 51 heavy (non-hydrogen) atoms. The second-order valence-electron chi connectivity index (χ2n) is 12.0. The number of para-hydroxylation sites is 2. The van der Waals surface area contributed by atoms with E-state index >= 15 is 0 Å². The topological polar surface area (TPSA) is 153 Å². The number of nitrogens with one attached hydrogen (secondary N) is 4. The van der Waals surface area contributed by atoms with Crippen LogP contribution in [-0.4, -0.2) is 40.0 Å². The molecule has 0 saturated heterocycles. The van der Waals surface area contributed by atoms with Gasteiger partial charge in [-0.15, -0.1) is 0 Å². The van der Waals surface area contributed by atoms with Crippen molar-refractivity contribution in [3.05, 3.63) is 148 Å². The zero-order valence-corrected chi connectivity index (χ0v) is 27.8. The van der Waals surface area contributed by atoms with Crippen molar-refractivity contribution in [1.82, 2.24) is 10.4 Å². The molecule has 0 aliphatic carbocycles. The van der Waals surface area contributed by atoms with Crippen molar-refractivity contribution < 1.29 is 14.4 Å². The molecule has 0 aromatic heterocycles. The second-order valence-corrected chi connectivity index (χ2v) is 13.1. The molecule has 4 heterocycles. The fraction of sp³-hybridized carbons (Fsp3) is 0.0513. The normalized spacial score (nSPS) is 18.7. The summed E-state index contributed by atoms with van der Waals surface area (Å²) in [5.74, 6) is -1.06. The summed E-state index contributed by atoms with van der Waals surface area (Å²) in [6.07, 6.45) is 8.05. The van der Waals surface area contributed by atoms with Gasteiger partial charge in [0, 0.05) is 34.1 Å². The largest absolute Gasteiger partial charge is 0.399 e. The predicted octanol–water partition coefficient (Wildman–Crippen LogP) is 5.97. The van der Waals surface area contributed by atoms with E-state index in [1.807, 2.05) is 97.1 Å². The number of amides is 3. The van der Waals surface area contributed by atoms with E-state index in [0.29, 0.717) is 51.1 Å². The van der Waals surface area contributed by atoms with Crippen molar-refractivity contribution >= 4 is 75.1 Å².